The third kappa shape index (κ3) is 4.80. The number of ether oxygens (including phenoxy) is 5. The van der Waals surface area contributed by atoms with Crippen LogP contribution in [0.15, 0.2) is 36.4 Å². The maximum absolute atomic E-state index is 12.6. The molecule has 6 heteroatoms. The van der Waals surface area contributed by atoms with Gasteiger partial charge in [0.1, 0.15) is 11.5 Å². The zero-order valence-corrected chi connectivity index (χ0v) is 16.2. The Balaban J connectivity index is 2.32. The van der Waals surface area contributed by atoms with E-state index in [-0.39, 0.29) is 5.78 Å². The normalized spacial score (nSPS) is 10.7. The van der Waals surface area contributed by atoms with Gasteiger partial charge in [0.05, 0.1) is 35.0 Å². The standard InChI is InChI=1S/C21H24O6/c1-23-13-16-10-14(7-9-18(16)24-2)17(22)8-6-15-11-20(26-4)21(27-5)12-19(15)25-3/h6-12H,13H2,1-5H3/b8-6+. The van der Waals surface area contributed by atoms with Crippen molar-refractivity contribution in [2.24, 2.45) is 0 Å². The first-order valence-corrected chi connectivity index (χ1v) is 8.26. The van der Waals surface area contributed by atoms with Gasteiger partial charge in [-0.3, -0.25) is 4.79 Å². The van der Waals surface area contributed by atoms with Gasteiger partial charge >= 0.3 is 0 Å². The van der Waals surface area contributed by atoms with Gasteiger partial charge in [-0.1, -0.05) is 0 Å². The Hall–Kier alpha value is -2.99. The van der Waals surface area contributed by atoms with Crippen molar-refractivity contribution in [2.75, 3.05) is 35.5 Å². The van der Waals surface area contributed by atoms with Crippen LogP contribution in [0.5, 0.6) is 23.0 Å². The molecular formula is C21H24O6. The molecule has 0 N–H and O–H groups in total. The van der Waals surface area contributed by atoms with E-state index in [2.05, 4.69) is 0 Å². The molecule has 0 aromatic heterocycles. The van der Waals surface area contributed by atoms with Crippen molar-refractivity contribution in [3.8, 4) is 23.0 Å². The molecule has 2 rings (SSSR count). The topological polar surface area (TPSA) is 63.2 Å². The maximum Gasteiger partial charge on any atom is 0.185 e. The van der Waals surface area contributed by atoms with Gasteiger partial charge in [0, 0.05) is 29.9 Å². The summed E-state index contributed by atoms with van der Waals surface area (Å²) in [6, 6.07) is 8.71. The van der Waals surface area contributed by atoms with E-state index in [0.717, 1.165) is 5.56 Å². The summed E-state index contributed by atoms with van der Waals surface area (Å²) in [7, 11) is 7.84. The first-order chi connectivity index (χ1) is 13.1. The van der Waals surface area contributed by atoms with E-state index in [4.69, 9.17) is 23.7 Å². The van der Waals surface area contributed by atoms with Gasteiger partial charge in [-0.2, -0.15) is 0 Å². The minimum atomic E-state index is -0.146. The van der Waals surface area contributed by atoms with Crippen LogP contribution in [0.25, 0.3) is 6.08 Å². The average molecular weight is 372 g/mol. The van der Waals surface area contributed by atoms with Crippen molar-refractivity contribution in [1.29, 1.82) is 0 Å². The van der Waals surface area contributed by atoms with E-state index in [1.807, 2.05) is 0 Å². The van der Waals surface area contributed by atoms with Crippen LogP contribution < -0.4 is 18.9 Å². The third-order valence-electron chi connectivity index (χ3n) is 4.01. The Labute approximate surface area is 159 Å². The molecule has 0 aliphatic heterocycles. The van der Waals surface area contributed by atoms with E-state index >= 15 is 0 Å². The summed E-state index contributed by atoms with van der Waals surface area (Å²) >= 11 is 0. The highest BCUT2D eigenvalue weighted by Gasteiger charge is 2.12. The molecule has 0 bridgehead atoms. The molecule has 2 aromatic rings. The highest BCUT2D eigenvalue weighted by molar-refractivity contribution is 6.07. The van der Waals surface area contributed by atoms with Crippen LogP contribution in [-0.4, -0.2) is 41.3 Å². The molecular weight excluding hydrogens is 348 g/mol. The Morgan fingerprint density at radius 1 is 0.815 bits per heavy atom. The van der Waals surface area contributed by atoms with Crippen LogP contribution in [0.4, 0.5) is 0 Å². The van der Waals surface area contributed by atoms with E-state index in [1.54, 1.807) is 72.0 Å². The Kier molecular flexibility index (Phi) is 7.25. The van der Waals surface area contributed by atoms with Gasteiger partial charge in [0.15, 0.2) is 17.3 Å². The molecule has 0 aliphatic carbocycles. The number of allylic oxidation sites excluding steroid dienone is 1. The highest BCUT2D eigenvalue weighted by atomic mass is 16.5. The fourth-order valence-corrected chi connectivity index (χ4v) is 2.64. The van der Waals surface area contributed by atoms with Crippen LogP contribution in [0, 0.1) is 0 Å². The molecule has 0 saturated heterocycles. The number of hydrogen-bond donors (Lipinski definition) is 0. The second kappa shape index (κ2) is 9.64. The molecule has 0 heterocycles. The fraction of sp³-hybridized carbons (Fsp3) is 0.286. The second-order valence-electron chi connectivity index (χ2n) is 5.61. The summed E-state index contributed by atoms with van der Waals surface area (Å²) in [5, 5.41) is 0. The van der Waals surface area contributed by atoms with E-state index in [0.29, 0.717) is 40.7 Å². The number of ketones is 1. The van der Waals surface area contributed by atoms with Crippen molar-refractivity contribution in [1.82, 2.24) is 0 Å². The van der Waals surface area contributed by atoms with E-state index < -0.39 is 0 Å². The molecule has 27 heavy (non-hydrogen) atoms. The summed E-state index contributed by atoms with van der Waals surface area (Å²) in [5.41, 5.74) is 2.05. The summed E-state index contributed by atoms with van der Waals surface area (Å²) < 4.78 is 26.4. The van der Waals surface area contributed by atoms with Crippen molar-refractivity contribution in [3.63, 3.8) is 0 Å². The fourth-order valence-electron chi connectivity index (χ4n) is 2.64. The molecule has 0 amide bonds. The lowest BCUT2D eigenvalue weighted by Gasteiger charge is -2.12. The smallest absolute Gasteiger partial charge is 0.185 e. The number of carbonyl (C=O) groups excluding carboxylic acids is 1. The van der Waals surface area contributed by atoms with Gasteiger partial charge < -0.3 is 23.7 Å². The summed E-state index contributed by atoms with van der Waals surface area (Å²) in [6.45, 7) is 0.359. The molecule has 144 valence electrons. The van der Waals surface area contributed by atoms with Crippen LogP contribution in [0.2, 0.25) is 0 Å². The Morgan fingerprint density at radius 3 is 2.04 bits per heavy atom. The molecule has 2 aromatic carbocycles. The molecule has 0 radical (unpaired) electrons. The number of benzene rings is 2. The summed E-state index contributed by atoms with van der Waals surface area (Å²) in [6.07, 6.45) is 3.17. The van der Waals surface area contributed by atoms with Crippen molar-refractivity contribution in [2.45, 2.75) is 6.61 Å². The van der Waals surface area contributed by atoms with E-state index in [9.17, 15) is 4.79 Å². The number of hydrogen-bond acceptors (Lipinski definition) is 6. The van der Waals surface area contributed by atoms with Gasteiger partial charge in [0.2, 0.25) is 0 Å². The van der Waals surface area contributed by atoms with Crippen LogP contribution in [0.1, 0.15) is 21.5 Å². The van der Waals surface area contributed by atoms with Crippen LogP contribution in [-0.2, 0) is 11.3 Å². The van der Waals surface area contributed by atoms with E-state index in [1.165, 1.54) is 6.08 Å². The molecule has 0 aliphatic rings. The molecule has 0 atom stereocenters. The van der Waals surface area contributed by atoms with Crippen molar-refractivity contribution < 1.29 is 28.5 Å². The van der Waals surface area contributed by atoms with Gasteiger partial charge in [-0.15, -0.1) is 0 Å². The maximum atomic E-state index is 12.6. The number of carbonyl (C=O) groups is 1. The monoisotopic (exact) mass is 372 g/mol. The summed E-state index contributed by atoms with van der Waals surface area (Å²) in [5.74, 6) is 2.21. The molecule has 0 spiro atoms. The largest absolute Gasteiger partial charge is 0.496 e. The van der Waals surface area contributed by atoms with Crippen molar-refractivity contribution >= 4 is 11.9 Å². The number of rotatable bonds is 9. The first kappa shape index (κ1) is 20.3. The zero-order valence-electron chi connectivity index (χ0n) is 16.2. The Bertz CT molecular complexity index is 826. The average Bonchev–Trinajstić information content (AvgIpc) is 2.71. The minimum Gasteiger partial charge on any atom is -0.496 e. The molecule has 0 unspecified atom stereocenters. The minimum absolute atomic E-state index is 0.146. The van der Waals surface area contributed by atoms with Crippen LogP contribution in [0.3, 0.4) is 0 Å². The molecule has 0 fully saturated rings. The molecule has 6 nitrogen and oxygen atoms in total. The lowest BCUT2D eigenvalue weighted by Crippen LogP contribution is -2.00. The Morgan fingerprint density at radius 2 is 1.44 bits per heavy atom. The highest BCUT2D eigenvalue weighted by Crippen LogP contribution is 2.35. The van der Waals surface area contributed by atoms with Gasteiger partial charge in [-0.25, -0.2) is 0 Å². The first-order valence-electron chi connectivity index (χ1n) is 8.26. The predicted molar refractivity (Wildman–Crippen MR) is 103 cm³/mol. The predicted octanol–water partition coefficient (Wildman–Crippen LogP) is 3.76. The lowest BCUT2D eigenvalue weighted by atomic mass is 10.0. The van der Waals surface area contributed by atoms with Crippen molar-refractivity contribution in [3.05, 3.63) is 53.1 Å². The summed E-state index contributed by atoms with van der Waals surface area (Å²) in [4.78, 5) is 12.6. The lowest BCUT2D eigenvalue weighted by molar-refractivity contribution is 0.104. The van der Waals surface area contributed by atoms with Gasteiger partial charge in [0.25, 0.3) is 0 Å². The van der Waals surface area contributed by atoms with Crippen LogP contribution >= 0.6 is 0 Å². The number of methoxy groups -OCH3 is 5. The SMILES string of the molecule is COCc1cc(C(=O)/C=C/c2cc(OC)c(OC)cc2OC)ccc1OC. The third-order valence-corrected chi connectivity index (χ3v) is 4.01. The zero-order chi connectivity index (χ0) is 19.8. The van der Waals surface area contributed by atoms with Gasteiger partial charge in [-0.05, 0) is 36.4 Å². The molecule has 0 saturated carbocycles. The second-order valence-corrected chi connectivity index (χ2v) is 5.61. The quantitative estimate of drug-likeness (QED) is 0.493.